The molecule has 0 unspecified atom stereocenters. The van der Waals surface area contributed by atoms with Crippen molar-refractivity contribution in [1.82, 2.24) is 0 Å². The molecule has 4 rings (SSSR count). The van der Waals surface area contributed by atoms with E-state index in [1.54, 1.807) is 48.9 Å². The van der Waals surface area contributed by atoms with Gasteiger partial charge in [-0.15, -0.1) is 0 Å². The molecule has 0 amide bonds. The third-order valence-corrected chi connectivity index (χ3v) is 11.7. The molecule has 0 aliphatic heterocycles. The fraction of sp³-hybridized carbons (Fsp3) is 0.111. The Bertz CT molecular complexity index is 869. The summed E-state index contributed by atoms with van der Waals surface area (Å²) < 4.78 is 36.0. The molecule has 4 heterocycles. The molecule has 0 fully saturated rings. The number of hydrogen-bond acceptors (Lipinski definition) is 6. The average Bonchev–Trinajstić information content (AvgIpc) is 3.47. The highest BCUT2D eigenvalue weighted by Crippen LogP contribution is 2.51. The monoisotopic (exact) mass is 406 g/mol. The Morgan fingerprint density at radius 2 is 1.04 bits per heavy atom. The summed E-state index contributed by atoms with van der Waals surface area (Å²) >= 11 is 6.01. The summed E-state index contributed by atoms with van der Waals surface area (Å²) in [4.78, 5) is 0. The predicted molar refractivity (Wildman–Crippen MR) is 105 cm³/mol. The molecule has 4 aromatic rings. The Balaban J connectivity index is 1.73. The molecule has 0 spiro atoms. The van der Waals surface area contributed by atoms with Gasteiger partial charge < -0.3 is 22.2 Å². The van der Waals surface area contributed by atoms with Gasteiger partial charge in [0, 0.05) is 6.16 Å². The van der Waals surface area contributed by atoms with Crippen LogP contribution < -0.4 is 22.0 Å². The minimum Gasteiger partial charge on any atom is -0.463 e. The second kappa shape index (κ2) is 6.96. The van der Waals surface area contributed by atoms with E-state index in [0.717, 1.165) is 0 Å². The highest BCUT2D eigenvalue weighted by Gasteiger charge is 2.37. The van der Waals surface area contributed by atoms with E-state index >= 15 is 0 Å². The van der Waals surface area contributed by atoms with E-state index in [4.69, 9.17) is 29.5 Å². The van der Waals surface area contributed by atoms with Crippen LogP contribution in [0.2, 0.25) is 0 Å². The molecule has 134 valence electrons. The molecule has 0 aromatic carbocycles. The first kappa shape index (κ1) is 17.4. The van der Waals surface area contributed by atoms with Crippen molar-refractivity contribution < 1.29 is 22.2 Å². The SMILES string of the molecule is O=P(CCP(=S)(c1ccco1)c1ccco1)(c1ccco1)c1ccco1. The molecule has 26 heavy (non-hydrogen) atoms. The van der Waals surface area contributed by atoms with Gasteiger partial charge in [0.15, 0.2) is 11.0 Å². The Hall–Kier alpha value is -2.00. The van der Waals surface area contributed by atoms with Gasteiger partial charge in [0.1, 0.15) is 11.0 Å². The number of rotatable bonds is 7. The van der Waals surface area contributed by atoms with E-state index in [-0.39, 0.29) is 0 Å². The lowest BCUT2D eigenvalue weighted by atomic mass is 10.7. The number of hydrogen-bond donors (Lipinski definition) is 0. The van der Waals surface area contributed by atoms with Crippen molar-refractivity contribution >= 4 is 47.0 Å². The molecule has 0 saturated carbocycles. The minimum atomic E-state index is -3.08. The molecule has 0 aliphatic carbocycles. The summed E-state index contributed by atoms with van der Waals surface area (Å²) in [5, 5.41) is 0. The van der Waals surface area contributed by atoms with Crippen LogP contribution in [0.4, 0.5) is 0 Å². The summed E-state index contributed by atoms with van der Waals surface area (Å²) in [7, 11) is -3.08. The zero-order chi connectivity index (χ0) is 18.0. The van der Waals surface area contributed by atoms with Gasteiger partial charge in [0.05, 0.1) is 31.1 Å². The third kappa shape index (κ3) is 2.99. The fourth-order valence-corrected chi connectivity index (χ4v) is 10.0. The van der Waals surface area contributed by atoms with Gasteiger partial charge in [-0.25, -0.2) is 0 Å². The van der Waals surface area contributed by atoms with Crippen molar-refractivity contribution in [3.63, 3.8) is 0 Å². The van der Waals surface area contributed by atoms with E-state index in [1.165, 1.54) is 12.5 Å². The van der Waals surface area contributed by atoms with Crippen LogP contribution in [0.15, 0.2) is 91.3 Å². The van der Waals surface area contributed by atoms with Crippen LogP contribution in [0.5, 0.6) is 0 Å². The van der Waals surface area contributed by atoms with E-state index in [9.17, 15) is 4.57 Å². The number of furan rings is 4. The van der Waals surface area contributed by atoms with Gasteiger partial charge >= 0.3 is 0 Å². The molecule has 8 heteroatoms. The van der Waals surface area contributed by atoms with Gasteiger partial charge in [-0.3, -0.25) is 0 Å². The van der Waals surface area contributed by atoms with Crippen LogP contribution in [0.3, 0.4) is 0 Å². The molecular weight excluding hydrogens is 390 g/mol. The first-order valence-electron chi connectivity index (χ1n) is 7.97. The van der Waals surface area contributed by atoms with Gasteiger partial charge in [0.2, 0.25) is 7.14 Å². The smallest absolute Gasteiger partial charge is 0.210 e. The van der Waals surface area contributed by atoms with Gasteiger partial charge in [-0.2, -0.15) is 0 Å². The first-order chi connectivity index (χ1) is 12.6. The molecule has 0 aliphatic rings. The second-order valence-corrected chi connectivity index (χ2v) is 13.2. The molecule has 0 N–H and O–H groups in total. The fourth-order valence-electron chi connectivity index (χ4n) is 2.84. The van der Waals surface area contributed by atoms with Crippen LogP contribution in [0.25, 0.3) is 0 Å². The van der Waals surface area contributed by atoms with Crippen LogP contribution in [0.1, 0.15) is 0 Å². The third-order valence-electron chi connectivity index (χ3n) is 4.18. The summed E-state index contributed by atoms with van der Waals surface area (Å²) in [5.74, 6) is 0. The van der Waals surface area contributed by atoms with Gasteiger partial charge in [0.25, 0.3) is 0 Å². The van der Waals surface area contributed by atoms with E-state index in [0.29, 0.717) is 34.3 Å². The lowest BCUT2D eigenvalue weighted by Gasteiger charge is -2.20. The average molecular weight is 406 g/mol. The highest BCUT2D eigenvalue weighted by atomic mass is 32.4. The highest BCUT2D eigenvalue weighted by molar-refractivity contribution is 8.21. The Kier molecular flexibility index (Phi) is 4.66. The maximum absolute atomic E-state index is 13.8. The molecule has 0 saturated heterocycles. The lowest BCUT2D eigenvalue weighted by molar-refractivity contribution is 0.547. The van der Waals surface area contributed by atoms with Crippen molar-refractivity contribution in [3.8, 4) is 0 Å². The van der Waals surface area contributed by atoms with Crippen molar-refractivity contribution in [2.24, 2.45) is 0 Å². The first-order valence-corrected chi connectivity index (χ1v) is 12.9. The Morgan fingerprint density at radius 1 is 0.654 bits per heavy atom. The Labute approximate surface area is 155 Å². The van der Waals surface area contributed by atoms with Crippen molar-refractivity contribution in [1.29, 1.82) is 0 Å². The molecule has 0 atom stereocenters. The topological polar surface area (TPSA) is 69.6 Å². The Morgan fingerprint density at radius 3 is 1.38 bits per heavy atom. The second-order valence-electron chi connectivity index (χ2n) is 5.73. The standard InChI is InChI=1S/C18H16O5P2S/c19-24(15-5-1-9-20-15,16-6-2-10-21-16)13-14-25(26,17-7-3-11-22-17)18-8-4-12-23-18/h1-12H,13-14H2. The normalized spacial score (nSPS) is 12.5. The maximum atomic E-state index is 13.8. The molecule has 4 aromatic heterocycles. The minimum absolute atomic E-state index is 0.298. The van der Waals surface area contributed by atoms with Crippen molar-refractivity contribution in [2.45, 2.75) is 0 Å². The predicted octanol–water partition coefficient (Wildman–Crippen LogP) is 3.50. The van der Waals surface area contributed by atoms with Crippen LogP contribution in [-0.4, -0.2) is 12.3 Å². The molecular formula is C18H16O5P2S. The van der Waals surface area contributed by atoms with Crippen LogP contribution in [0, 0.1) is 0 Å². The largest absolute Gasteiger partial charge is 0.463 e. The summed E-state index contributed by atoms with van der Waals surface area (Å²) in [6.07, 6.45) is 6.98. The van der Waals surface area contributed by atoms with E-state index < -0.39 is 13.2 Å². The van der Waals surface area contributed by atoms with Crippen molar-refractivity contribution in [3.05, 3.63) is 73.6 Å². The van der Waals surface area contributed by atoms with Crippen molar-refractivity contribution in [2.75, 3.05) is 12.3 Å². The molecule has 5 nitrogen and oxygen atoms in total. The van der Waals surface area contributed by atoms with E-state index in [2.05, 4.69) is 0 Å². The zero-order valence-electron chi connectivity index (χ0n) is 13.7. The summed E-state index contributed by atoms with van der Waals surface area (Å²) in [5.41, 5.74) is 2.20. The van der Waals surface area contributed by atoms with Gasteiger partial charge in [-0.1, -0.05) is 11.8 Å². The summed E-state index contributed by atoms with van der Waals surface area (Å²) in [6, 6.07) is 11.8. The van der Waals surface area contributed by atoms with Crippen LogP contribution >= 0.6 is 13.2 Å². The quantitative estimate of drug-likeness (QED) is 0.438. The van der Waals surface area contributed by atoms with Crippen LogP contribution in [-0.2, 0) is 16.4 Å². The zero-order valence-corrected chi connectivity index (χ0v) is 16.3. The summed E-state index contributed by atoms with van der Waals surface area (Å²) in [6.45, 7) is 0. The maximum Gasteiger partial charge on any atom is 0.210 e. The molecule has 0 radical (unpaired) electrons. The van der Waals surface area contributed by atoms with E-state index in [1.807, 2.05) is 12.1 Å². The molecule has 0 bridgehead atoms. The van der Waals surface area contributed by atoms with Gasteiger partial charge in [-0.05, 0) is 54.7 Å². The lowest BCUT2D eigenvalue weighted by Crippen LogP contribution is -2.22.